The van der Waals surface area contributed by atoms with Crippen molar-refractivity contribution in [2.24, 2.45) is 4.99 Å². The van der Waals surface area contributed by atoms with Gasteiger partial charge in [0.2, 0.25) is 0 Å². The zero-order chi connectivity index (χ0) is 18.5. The number of benzene rings is 3. The second-order valence-corrected chi connectivity index (χ2v) is 7.31. The van der Waals surface area contributed by atoms with Crippen LogP contribution in [0.1, 0.15) is 56.2 Å². The van der Waals surface area contributed by atoms with Crippen LogP contribution in [0.4, 0.5) is 5.69 Å². The molecule has 1 heteroatoms. The van der Waals surface area contributed by atoms with E-state index in [0.29, 0.717) is 11.8 Å². The fraction of sp³-hybridized carbons (Fsp3) is 0.240. The van der Waals surface area contributed by atoms with Crippen molar-refractivity contribution >= 4 is 11.9 Å². The summed E-state index contributed by atoms with van der Waals surface area (Å²) < 4.78 is 0. The molecule has 0 amide bonds. The minimum Gasteiger partial charge on any atom is -0.256 e. The van der Waals surface area contributed by atoms with Gasteiger partial charge in [-0.2, -0.15) is 0 Å². The van der Waals surface area contributed by atoms with Crippen LogP contribution in [0.3, 0.4) is 0 Å². The number of hydrogen-bond donors (Lipinski definition) is 0. The van der Waals surface area contributed by atoms with Gasteiger partial charge in [-0.15, -0.1) is 0 Å². The van der Waals surface area contributed by atoms with Crippen molar-refractivity contribution in [3.05, 3.63) is 89.5 Å². The summed E-state index contributed by atoms with van der Waals surface area (Å²) >= 11 is 0. The average molecular weight is 341 g/mol. The van der Waals surface area contributed by atoms with E-state index in [2.05, 4.69) is 94.4 Å². The standard InChI is InChI=1S/C25H27N/c1-18(2)22-15-10-16-23(19(3)4)25(22)26-17-21-13-8-9-14-24(21)20-11-6-5-7-12-20/h5-19H,1-4H3. The summed E-state index contributed by atoms with van der Waals surface area (Å²) in [5.74, 6) is 0.899. The Bertz CT molecular complexity index is 863. The Morgan fingerprint density at radius 3 is 1.85 bits per heavy atom. The summed E-state index contributed by atoms with van der Waals surface area (Å²) in [6.07, 6.45) is 2.02. The molecule has 0 unspecified atom stereocenters. The second kappa shape index (κ2) is 8.14. The largest absolute Gasteiger partial charge is 0.256 e. The fourth-order valence-corrected chi connectivity index (χ4v) is 3.29. The molecule has 132 valence electrons. The third-order valence-electron chi connectivity index (χ3n) is 4.72. The van der Waals surface area contributed by atoms with E-state index in [1.54, 1.807) is 0 Å². The normalized spacial score (nSPS) is 11.6. The molecule has 0 spiro atoms. The minimum absolute atomic E-state index is 0.449. The molecular formula is C25H27N. The van der Waals surface area contributed by atoms with Gasteiger partial charge >= 0.3 is 0 Å². The van der Waals surface area contributed by atoms with Gasteiger partial charge in [0.1, 0.15) is 0 Å². The van der Waals surface area contributed by atoms with Crippen LogP contribution in [-0.4, -0.2) is 6.21 Å². The van der Waals surface area contributed by atoms with E-state index in [1.165, 1.54) is 22.3 Å². The number of rotatable bonds is 5. The maximum absolute atomic E-state index is 4.98. The Kier molecular flexibility index (Phi) is 5.68. The van der Waals surface area contributed by atoms with Crippen molar-refractivity contribution in [1.29, 1.82) is 0 Å². The van der Waals surface area contributed by atoms with E-state index in [4.69, 9.17) is 4.99 Å². The van der Waals surface area contributed by atoms with Gasteiger partial charge in [-0.3, -0.25) is 4.99 Å². The molecule has 3 aromatic rings. The maximum Gasteiger partial charge on any atom is 0.0699 e. The molecule has 0 atom stereocenters. The number of para-hydroxylation sites is 1. The van der Waals surface area contributed by atoms with E-state index in [-0.39, 0.29) is 0 Å². The molecule has 0 aliphatic rings. The summed E-state index contributed by atoms with van der Waals surface area (Å²) in [4.78, 5) is 4.98. The molecule has 0 aromatic heterocycles. The predicted octanol–water partition coefficient (Wildman–Crippen LogP) is 7.35. The van der Waals surface area contributed by atoms with Crippen molar-refractivity contribution in [2.75, 3.05) is 0 Å². The Morgan fingerprint density at radius 2 is 1.23 bits per heavy atom. The van der Waals surface area contributed by atoms with Crippen LogP contribution in [0.2, 0.25) is 0 Å². The first kappa shape index (κ1) is 18.1. The van der Waals surface area contributed by atoms with Gasteiger partial charge in [0.25, 0.3) is 0 Å². The van der Waals surface area contributed by atoms with Crippen molar-refractivity contribution in [2.45, 2.75) is 39.5 Å². The molecule has 0 saturated carbocycles. The van der Waals surface area contributed by atoms with Gasteiger partial charge in [-0.25, -0.2) is 0 Å². The Labute approximate surface area is 157 Å². The molecule has 0 heterocycles. The smallest absolute Gasteiger partial charge is 0.0699 e. The molecular weight excluding hydrogens is 314 g/mol. The summed E-state index contributed by atoms with van der Waals surface area (Å²) in [7, 11) is 0. The van der Waals surface area contributed by atoms with Crippen molar-refractivity contribution < 1.29 is 0 Å². The zero-order valence-electron chi connectivity index (χ0n) is 16.1. The highest BCUT2D eigenvalue weighted by Crippen LogP contribution is 2.35. The van der Waals surface area contributed by atoms with Crippen LogP contribution >= 0.6 is 0 Å². The molecule has 0 radical (unpaired) electrons. The van der Waals surface area contributed by atoms with Crippen molar-refractivity contribution in [3.8, 4) is 11.1 Å². The number of hydrogen-bond acceptors (Lipinski definition) is 1. The number of nitrogens with zero attached hydrogens (tertiary/aromatic N) is 1. The molecule has 3 rings (SSSR count). The van der Waals surface area contributed by atoms with Crippen LogP contribution in [-0.2, 0) is 0 Å². The Balaban J connectivity index is 2.07. The first-order valence-electron chi connectivity index (χ1n) is 9.39. The summed E-state index contributed by atoms with van der Waals surface area (Å²) in [5.41, 5.74) is 7.32. The molecule has 26 heavy (non-hydrogen) atoms. The highest BCUT2D eigenvalue weighted by Gasteiger charge is 2.13. The summed E-state index contributed by atoms with van der Waals surface area (Å²) in [5, 5.41) is 0. The SMILES string of the molecule is CC(C)c1cccc(C(C)C)c1N=Cc1ccccc1-c1ccccc1. The summed E-state index contributed by atoms with van der Waals surface area (Å²) in [6.45, 7) is 8.93. The highest BCUT2D eigenvalue weighted by molar-refractivity contribution is 5.92. The third kappa shape index (κ3) is 3.94. The molecule has 0 N–H and O–H groups in total. The Morgan fingerprint density at radius 1 is 0.654 bits per heavy atom. The van der Waals surface area contributed by atoms with E-state index >= 15 is 0 Å². The van der Waals surface area contributed by atoms with Gasteiger partial charge in [0.05, 0.1) is 5.69 Å². The average Bonchev–Trinajstić information content (AvgIpc) is 2.66. The topological polar surface area (TPSA) is 12.4 Å². The monoisotopic (exact) mass is 341 g/mol. The molecule has 0 bridgehead atoms. The molecule has 0 aliphatic carbocycles. The zero-order valence-corrected chi connectivity index (χ0v) is 16.1. The van der Waals surface area contributed by atoms with Crippen molar-refractivity contribution in [3.63, 3.8) is 0 Å². The summed E-state index contributed by atoms with van der Waals surface area (Å²) in [6, 6.07) is 25.5. The Hall–Kier alpha value is -2.67. The van der Waals surface area contributed by atoms with Crippen LogP contribution < -0.4 is 0 Å². The lowest BCUT2D eigenvalue weighted by Gasteiger charge is -2.16. The fourth-order valence-electron chi connectivity index (χ4n) is 3.29. The van der Waals surface area contributed by atoms with Crippen LogP contribution in [0.15, 0.2) is 77.8 Å². The number of aliphatic imine (C=N–C) groups is 1. The van der Waals surface area contributed by atoms with Crippen molar-refractivity contribution in [1.82, 2.24) is 0 Å². The predicted molar refractivity (Wildman–Crippen MR) is 114 cm³/mol. The maximum atomic E-state index is 4.98. The van der Waals surface area contributed by atoms with Gasteiger partial charge in [0, 0.05) is 11.8 Å². The molecule has 0 saturated heterocycles. The third-order valence-corrected chi connectivity index (χ3v) is 4.72. The minimum atomic E-state index is 0.449. The second-order valence-electron chi connectivity index (χ2n) is 7.31. The molecule has 0 fully saturated rings. The van der Waals surface area contributed by atoms with Crippen LogP contribution in [0, 0.1) is 0 Å². The van der Waals surface area contributed by atoms with Gasteiger partial charge in [0.15, 0.2) is 0 Å². The molecule has 3 aromatic carbocycles. The molecule has 1 nitrogen and oxygen atoms in total. The highest BCUT2D eigenvalue weighted by atomic mass is 14.7. The quantitative estimate of drug-likeness (QED) is 0.430. The lowest BCUT2D eigenvalue weighted by Crippen LogP contribution is -1.96. The van der Waals surface area contributed by atoms with Crippen LogP contribution in [0.25, 0.3) is 11.1 Å². The van der Waals surface area contributed by atoms with Gasteiger partial charge in [-0.05, 0) is 34.1 Å². The lowest BCUT2D eigenvalue weighted by molar-refractivity contribution is 0.835. The first-order chi connectivity index (χ1) is 12.6. The van der Waals surface area contributed by atoms with E-state index in [0.717, 1.165) is 11.3 Å². The molecule has 0 aliphatic heterocycles. The van der Waals surface area contributed by atoms with Gasteiger partial charge in [-0.1, -0.05) is 100 Å². The van der Waals surface area contributed by atoms with Gasteiger partial charge < -0.3 is 0 Å². The van der Waals surface area contributed by atoms with E-state index < -0.39 is 0 Å². The van der Waals surface area contributed by atoms with Crippen LogP contribution in [0.5, 0.6) is 0 Å². The van der Waals surface area contributed by atoms with E-state index in [1.807, 2.05) is 12.3 Å². The first-order valence-corrected chi connectivity index (χ1v) is 9.39. The van der Waals surface area contributed by atoms with E-state index in [9.17, 15) is 0 Å². The lowest BCUT2D eigenvalue weighted by atomic mass is 9.93.